The van der Waals surface area contributed by atoms with Crippen LogP contribution >= 0.6 is 11.6 Å². The van der Waals surface area contributed by atoms with Gasteiger partial charge in [-0.2, -0.15) is 10.1 Å². The second kappa shape index (κ2) is 9.58. The molecule has 170 valence electrons. The molecule has 2 aromatic heterocycles. The third kappa shape index (κ3) is 4.68. The van der Waals surface area contributed by atoms with Gasteiger partial charge in [0.15, 0.2) is 5.65 Å². The third-order valence-corrected chi connectivity index (χ3v) is 5.73. The van der Waals surface area contributed by atoms with Gasteiger partial charge in [-0.15, -0.1) is 0 Å². The van der Waals surface area contributed by atoms with Gasteiger partial charge >= 0.3 is 0 Å². The van der Waals surface area contributed by atoms with Crippen LogP contribution in [0.25, 0.3) is 16.7 Å². The van der Waals surface area contributed by atoms with Gasteiger partial charge in [-0.05, 0) is 63.1 Å². The minimum absolute atomic E-state index is 0.154. The van der Waals surface area contributed by atoms with Crippen molar-refractivity contribution in [3.63, 3.8) is 0 Å². The first-order chi connectivity index (χ1) is 15.9. The molecule has 0 aliphatic heterocycles. The summed E-state index contributed by atoms with van der Waals surface area (Å²) in [7, 11) is 0. The van der Waals surface area contributed by atoms with Crippen LogP contribution in [0.2, 0.25) is 5.02 Å². The van der Waals surface area contributed by atoms with Crippen LogP contribution in [0.5, 0.6) is 5.88 Å². The van der Waals surface area contributed by atoms with E-state index in [0.717, 1.165) is 27.9 Å². The first-order valence-electron chi connectivity index (χ1n) is 10.7. The molecule has 0 aliphatic carbocycles. The summed E-state index contributed by atoms with van der Waals surface area (Å²) >= 11 is 6.02. The van der Waals surface area contributed by atoms with E-state index in [1.807, 2.05) is 55.8 Å². The number of nitrogens with zero attached hydrogens (tertiary/aromatic N) is 3. The largest absolute Gasteiger partial charge is 0.478 e. The van der Waals surface area contributed by atoms with Crippen molar-refractivity contribution in [2.45, 2.75) is 33.6 Å². The van der Waals surface area contributed by atoms with Crippen molar-refractivity contribution in [1.82, 2.24) is 14.8 Å². The van der Waals surface area contributed by atoms with E-state index in [9.17, 15) is 9.18 Å². The molecule has 0 radical (unpaired) electrons. The minimum atomic E-state index is -0.458. The number of rotatable bonds is 7. The van der Waals surface area contributed by atoms with Gasteiger partial charge in [0, 0.05) is 17.4 Å². The Morgan fingerprint density at radius 3 is 2.64 bits per heavy atom. The quantitative estimate of drug-likeness (QED) is 0.373. The number of ether oxygens (including phenoxy) is 1. The van der Waals surface area contributed by atoms with E-state index in [2.05, 4.69) is 5.32 Å². The fourth-order valence-corrected chi connectivity index (χ4v) is 4.09. The molecule has 0 spiro atoms. The van der Waals surface area contributed by atoms with Crippen molar-refractivity contribution >= 4 is 34.2 Å². The van der Waals surface area contributed by atoms with Gasteiger partial charge in [0.25, 0.3) is 0 Å². The molecule has 1 amide bonds. The number of aromatic nitrogens is 3. The van der Waals surface area contributed by atoms with Crippen LogP contribution in [0.3, 0.4) is 0 Å². The Bertz CT molecular complexity index is 1320. The van der Waals surface area contributed by atoms with E-state index in [1.165, 1.54) is 18.2 Å². The summed E-state index contributed by atoms with van der Waals surface area (Å²) in [6.45, 7) is 6.29. The number of hydrogen-bond acceptors (Lipinski definition) is 4. The fraction of sp³-hybridized carbons (Fsp3) is 0.240. The van der Waals surface area contributed by atoms with Crippen molar-refractivity contribution in [2.24, 2.45) is 0 Å². The van der Waals surface area contributed by atoms with E-state index in [4.69, 9.17) is 26.4 Å². The maximum absolute atomic E-state index is 13.3. The molecule has 0 bridgehead atoms. The highest BCUT2D eigenvalue weighted by atomic mass is 35.5. The lowest BCUT2D eigenvalue weighted by molar-refractivity contribution is -0.116. The normalized spacial score (nSPS) is 11.1. The predicted molar refractivity (Wildman–Crippen MR) is 128 cm³/mol. The summed E-state index contributed by atoms with van der Waals surface area (Å²) < 4.78 is 20.9. The van der Waals surface area contributed by atoms with Crippen LogP contribution in [0.1, 0.15) is 30.2 Å². The first kappa shape index (κ1) is 22.7. The molecule has 1 N–H and O–H groups in total. The van der Waals surface area contributed by atoms with Gasteiger partial charge in [-0.25, -0.2) is 9.07 Å². The molecule has 33 heavy (non-hydrogen) atoms. The van der Waals surface area contributed by atoms with E-state index < -0.39 is 5.82 Å². The van der Waals surface area contributed by atoms with E-state index in [1.54, 1.807) is 0 Å². The molecule has 2 heterocycles. The Kier molecular flexibility index (Phi) is 6.60. The van der Waals surface area contributed by atoms with Gasteiger partial charge in [0.1, 0.15) is 5.82 Å². The van der Waals surface area contributed by atoms with Crippen LogP contribution in [0.4, 0.5) is 10.1 Å². The monoisotopic (exact) mass is 466 g/mol. The summed E-state index contributed by atoms with van der Waals surface area (Å²) in [5.74, 6) is -0.199. The number of fused-ring (bicyclic) bond motifs is 1. The van der Waals surface area contributed by atoms with Crippen molar-refractivity contribution in [2.75, 3.05) is 11.9 Å². The molecular formula is C25H24ClFN4O2. The molecule has 4 rings (SSSR count). The van der Waals surface area contributed by atoms with E-state index >= 15 is 0 Å². The lowest BCUT2D eigenvalue weighted by Gasteiger charge is -2.14. The molecule has 0 saturated carbocycles. The zero-order chi connectivity index (χ0) is 23.5. The number of aryl methyl sites for hydroxylation is 2. The van der Waals surface area contributed by atoms with Crippen molar-refractivity contribution in [1.29, 1.82) is 0 Å². The number of amides is 1. The highest BCUT2D eigenvalue weighted by Crippen LogP contribution is 2.32. The van der Waals surface area contributed by atoms with Gasteiger partial charge in [-0.3, -0.25) is 4.79 Å². The number of halogens is 2. The average Bonchev–Trinajstić information content (AvgIpc) is 3.12. The Morgan fingerprint density at radius 2 is 1.94 bits per heavy atom. The highest BCUT2D eigenvalue weighted by Gasteiger charge is 2.20. The van der Waals surface area contributed by atoms with Crippen molar-refractivity contribution in [3.8, 4) is 11.6 Å². The number of para-hydroxylation sites is 1. The highest BCUT2D eigenvalue weighted by molar-refractivity contribution is 6.33. The number of hydrogen-bond donors (Lipinski definition) is 1. The number of pyridine rings is 1. The molecule has 0 aliphatic rings. The van der Waals surface area contributed by atoms with Crippen molar-refractivity contribution < 1.29 is 13.9 Å². The second-order valence-corrected chi connectivity index (χ2v) is 8.06. The Balaban J connectivity index is 1.65. The molecule has 0 fully saturated rings. The molecule has 0 atom stereocenters. The number of benzene rings is 2. The second-order valence-electron chi connectivity index (χ2n) is 7.66. The van der Waals surface area contributed by atoms with Crippen LogP contribution in [0, 0.1) is 19.7 Å². The van der Waals surface area contributed by atoms with Crippen LogP contribution in [-0.2, 0) is 11.2 Å². The number of anilines is 1. The molecule has 6 nitrogen and oxygen atoms in total. The topological polar surface area (TPSA) is 69.0 Å². The molecule has 4 aromatic rings. The summed E-state index contributed by atoms with van der Waals surface area (Å²) in [6, 6.07) is 13.7. The minimum Gasteiger partial charge on any atom is -0.478 e. The van der Waals surface area contributed by atoms with Gasteiger partial charge < -0.3 is 10.1 Å². The van der Waals surface area contributed by atoms with Crippen LogP contribution in [0.15, 0.2) is 48.5 Å². The zero-order valence-corrected chi connectivity index (χ0v) is 19.4. The Morgan fingerprint density at radius 1 is 1.18 bits per heavy atom. The Hall–Kier alpha value is -3.45. The molecular weight excluding hydrogens is 443 g/mol. The van der Waals surface area contributed by atoms with Crippen molar-refractivity contribution in [3.05, 3.63) is 76.2 Å². The summed E-state index contributed by atoms with van der Waals surface area (Å²) in [4.78, 5) is 17.4. The lowest BCUT2D eigenvalue weighted by atomic mass is 10.0. The van der Waals surface area contributed by atoms with Crippen LogP contribution in [-0.4, -0.2) is 27.3 Å². The maximum atomic E-state index is 13.3. The molecule has 0 saturated heterocycles. The molecule has 8 heteroatoms. The van der Waals surface area contributed by atoms with Crippen LogP contribution < -0.4 is 10.1 Å². The lowest BCUT2D eigenvalue weighted by Crippen LogP contribution is -2.14. The molecule has 2 aromatic carbocycles. The van der Waals surface area contributed by atoms with Gasteiger partial charge in [-0.1, -0.05) is 29.8 Å². The smallest absolute Gasteiger partial charge is 0.224 e. The predicted octanol–water partition coefficient (Wildman–Crippen LogP) is 5.80. The third-order valence-electron chi connectivity index (χ3n) is 5.42. The first-order valence-corrected chi connectivity index (χ1v) is 11.1. The zero-order valence-electron chi connectivity index (χ0n) is 18.7. The number of nitrogens with one attached hydrogen (secondary N) is 1. The summed E-state index contributed by atoms with van der Waals surface area (Å²) in [5, 5.41) is 8.54. The van der Waals surface area contributed by atoms with E-state index in [0.29, 0.717) is 30.2 Å². The number of carbonyl (C=O) groups excluding carboxylic acids is 1. The number of carbonyl (C=O) groups is 1. The standard InChI is InChI=1S/C25H24ClFN4O2/c1-4-33-25-19(11-13-22(32)28-21-12-10-17(27)14-20(21)26)15(2)23-16(3)30-31(24(23)29-25)18-8-6-5-7-9-18/h5-10,12,14H,4,11,13H2,1-3H3,(H,28,32). The van der Waals surface area contributed by atoms with Gasteiger partial charge in [0.05, 0.1) is 28.7 Å². The SMILES string of the molecule is CCOc1nc2c(c(C)nn2-c2ccccc2)c(C)c1CCC(=O)Nc1ccc(F)cc1Cl. The Labute approximate surface area is 196 Å². The fourth-order valence-electron chi connectivity index (χ4n) is 3.87. The average molecular weight is 467 g/mol. The maximum Gasteiger partial charge on any atom is 0.224 e. The summed E-state index contributed by atoms with van der Waals surface area (Å²) in [5.41, 5.74) is 4.69. The van der Waals surface area contributed by atoms with E-state index in [-0.39, 0.29) is 17.4 Å². The molecule has 0 unspecified atom stereocenters. The van der Waals surface area contributed by atoms with Gasteiger partial charge in [0.2, 0.25) is 11.8 Å². The summed E-state index contributed by atoms with van der Waals surface area (Å²) in [6.07, 6.45) is 0.610.